The third-order valence-electron chi connectivity index (χ3n) is 2.99. The molecule has 0 aromatic heterocycles. The largest absolute Gasteiger partial charge is 0.374 e. The lowest BCUT2D eigenvalue weighted by Crippen LogP contribution is -2.42. The predicted molar refractivity (Wildman–Crippen MR) is 57.3 cm³/mol. The summed E-state index contributed by atoms with van der Waals surface area (Å²) in [4.78, 5) is 0. The minimum Gasteiger partial charge on any atom is -0.374 e. The molecule has 2 unspecified atom stereocenters. The van der Waals surface area contributed by atoms with Gasteiger partial charge in [0.05, 0.1) is 5.60 Å². The highest BCUT2D eigenvalue weighted by molar-refractivity contribution is 7.99. The van der Waals surface area contributed by atoms with Gasteiger partial charge < -0.3 is 10.1 Å². The summed E-state index contributed by atoms with van der Waals surface area (Å²) in [5, 5.41) is 3.62. The maximum Gasteiger partial charge on any atom is 0.0779 e. The summed E-state index contributed by atoms with van der Waals surface area (Å²) < 4.78 is 5.73. The first-order valence-electron chi connectivity index (χ1n) is 5.24. The van der Waals surface area contributed by atoms with Gasteiger partial charge in [0.2, 0.25) is 0 Å². The molecule has 1 N–H and O–H groups in total. The average molecular weight is 201 g/mol. The molecule has 0 amide bonds. The van der Waals surface area contributed by atoms with Crippen LogP contribution in [-0.2, 0) is 4.74 Å². The van der Waals surface area contributed by atoms with Gasteiger partial charge in [-0.1, -0.05) is 0 Å². The molecular formula is C10H19NOS. The van der Waals surface area contributed by atoms with E-state index in [1.807, 2.05) is 0 Å². The fraction of sp³-hybridized carbons (Fsp3) is 1.00. The molecule has 0 bridgehead atoms. The molecular weight excluding hydrogens is 182 g/mol. The molecule has 2 aliphatic heterocycles. The van der Waals surface area contributed by atoms with E-state index >= 15 is 0 Å². The Morgan fingerprint density at radius 3 is 3.15 bits per heavy atom. The minimum absolute atomic E-state index is 0.132. The van der Waals surface area contributed by atoms with E-state index in [0.29, 0.717) is 0 Å². The van der Waals surface area contributed by atoms with Crippen molar-refractivity contribution in [1.82, 2.24) is 5.32 Å². The SMILES string of the molecule is CC1(CNC2CCSC2)CCCO1. The van der Waals surface area contributed by atoms with Gasteiger partial charge in [-0.05, 0) is 31.9 Å². The molecule has 2 aliphatic rings. The molecule has 76 valence electrons. The number of rotatable bonds is 3. The van der Waals surface area contributed by atoms with Crippen molar-refractivity contribution in [2.45, 2.75) is 37.8 Å². The Morgan fingerprint density at radius 1 is 1.62 bits per heavy atom. The van der Waals surface area contributed by atoms with Gasteiger partial charge in [0.15, 0.2) is 0 Å². The highest BCUT2D eigenvalue weighted by atomic mass is 32.2. The first kappa shape index (κ1) is 9.81. The van der Waals surface area contributed by atoms with E-state index in [-0.39, 0.29) is 5.60 Å². The summed E-state index contributed by atoms with van der Waals surface area (Å²) in [6.45, 7) is 4.23. The highest BCUT2D eigenvalue weighted by Gasteiger charge is 2.30. The van der Waals surface area contributed by atoms with Crippen LogP contribution in [0, 0.1) is 0 Å². The second-order valence-corrected chi connectivity index (χ2v) is 5.49. The number of nitrogens with one attached hydrogen (secondary N) is 1. The van der Waals surface area contributed by atoms with Crippen LogP contribution in [0.5, 0.6) is 0 Å². The molecule has 0 aromatic carbocycles. The molecule has 0 spiro atoms. The van der Waals surface area contributed by atoms with Crippen molar-refractivity contribution in [3.05, 3.63) is 0 Å². The van der Waals surface area contributed by atoms with E-state index in [1.54, 1.807) is 0 Å². The number of hydrogen-bond donors (Lipinski definition) is 1. The maximum absolute atomic E-state index is 5.73. The molecule has 2 atom stereocenters. The summed E-state index contributed by atoms with van der Waals surface area (Å²) in [6, 6.07) is 0.742. The van der Waals surface area contributed by atoms with Gasteiger partial charge in [-0.2, -0.15) is 11.8 Å². The second-order valence-electron chi connectivity index (χ2n) is 4.34. The fourth-order valence-corrected chi connectivity index (χ4v) is 3.22. The van der Waals surface area contributed by atoms with E-state index in [0.717, 1.165) is 19.2 Å². The molecule has 2 nitrogen and oxygen atoms in total. The van der Waals surface area contributed by atoms with E-state index in [4.69, 9.17) is 4.74 Å². The molecule has 2 fully saturated rings. The van der Waals surface area contributed by atoms with Gasteiger partial charge in [0, 0.05) is 24.9 Å². The lowest BCUT2D eigenvalue weighted by Gasteiger charge is -2.25. The summed E-state index contributed by atoms with van der Waals surface area (Å²) in [5.41, 5.74) is 0.132. The van der Waals surface area contributed by atoms with E-state index < -0.39 is 0 Å². The molecule has 2 heterocycles. The lowest BCUT2D eigenvalue weighted by atomic mass is 10.0. The number of ether oxygens (including phenoxy) is 1. The first-order chi connectivity index (χ1) is 6.29. The van der Waals surface area contributed by atoms with Crippen molar-refractivity contribution >= 4 is 11.8 Å². The van der Waals surface area contributed by atoms with Crippen molar-refractivity contribution in [2.24, 2.45) is 0 Å². The van der Waals surface area contributed by atoms with Gasteiger partial charge in [-0.3, -0.25) is 0 Å². The maximum atomic E-state index is 5.73. The van der Waals surface area contributed by atoms with Crippen LogP contribution in [0.25, 0.3) is 0 Å². The number of thioether (sulfide) groups is 1. The lowest BCUT2D eigenvalue weighted by molar-refractivity contribution is 0.0193. The molecule has 2 rings (SSSR count). The van der Waals surface area contributed by atoms with Crippen molar-refractivity contribution in [3.63, 3.8) is 0 Å². The molecule has 0 radical (unpaired) electrons. The smallest absolute Gasteiger partial charge is 0.0779 e. The van der Waals surface area contributed by atoms with Crippen LogP contribution < -0.4 is 5.32 Å². The van der Waals surface area contributed by atoms with Gasteiger partial charge in [0.1, 0.15) is 0 Å². The molecule has 0 aromatic rings. The van der Waals surface area contributed by atoms with Crippen molar-refractivity contribution in [1.29, 1.82) is 0 Å². The van der Waals surface area contributed by atoms with Crippen LogP contribution in [0.3, 0.4) is 0 Å². The summed E-state index contributed by atoms with van der Waals surface area (Å²) in [7, 11) is 0. The molecule has 2 saturated heterocycles. The Balaban J connectivity index is 1.71. The van der Waals surface area contributed by atoms with E-state index in [9.17, 15) is 0 Å². The Labute approximate surface area is 84.8 Å². The summed E-state index contributed by atoms with van der Waals surface area (Å²) in [6.07, 6.45) is 3.79. The monoisotopic (exact) mass is 201 g/mol. The summed E-state index contributed by atoms with van der Waals surface area (Å²) in [5.74, 6) is 2.62. The molecule has 0 aliphatic carbocycles. The Bertz CT molecular complexity index is 162. The highest BCUT2D eigenvalue weighted by Crippen LogP contribution is 2.25. The van der Waals surface area contributed by atoms with Crippen molar-refractivity contribution < 1.29 is 4.74 Å². The van der Waals surface area contributed by atoms with Crippen LogP contribution in [0.4, 0.5) is 0 Å². The van der Waals surface area contributed by atoms with Gasteiger partial charge in [-0.25, -0.2) is 0 Å². The Kier molecular flexibility index (Phi) is 3.17. The summed E-state index contributed by atoms with van der Waals surface area (Å²) >= 11 is 2.06. The van der Waals surface area contributed by atoms with Crippen LogP contribution >= 0.6 is 11.8 Å². The third-order valence-corrected chi connectivity index (χ3v) is 4.16. The van der Waals surface area contributed by atoms with Crippen LogP contribution in [0.2, 0.25) is 0 Å². The quantitative estimate of drug-likeness (QED) is 0.750. The number of hydrogen-bond acceptors (Lipinski definition) is 3. The second kappa shape index (κ2) is 4.20. The molecule has 13 heavy (non-hydrogen) atoms. The zero-order valence-electron chi connectivity index (χ0n) is 8.34. The normalized spacial score (nSPS) is 39.9. The zero-order chi connectivity index (χ0) is 9.15. The van der Waals surface area contributed by atoms with E-state index in [1.165, 1.54) is 30.8 Å². The topological polar surface area (TPSA) is 21.3 Å². The van der Waals surface area contributed by atoms with Crippen LogP contribution in [0.1, 0.15) is 26.2 Å². The Morgan fingerprint density at radius 2 is 2.54 bits per heavy atom. The minimum atomic E-state index is 0.132. The molecule has 3 heteroatoms. The zero-order valence-corrected chi connectivity index (χ0v) is 9.16. The third kappa shape index (κ3) is 2.61. The van der Waals surface area contributed by atoms with Gasteiger partial charge in [-0.15, -0.1) is 0 Å². The van der Waals surface area contributed by atoms with Crippen LogP contribution in [-0.4, -0.2) is 36.3 Å². The first-order valence-corrected chi connectivity index (χ1v) is 6.39. The Hall–Kier alpha value is 0.270. The van der Waals surface area contributed by atoms with Crippen LogP contribution in [0.15, 0.2) is 0 Å². The fourth-order valence-electron chi connectivity index (χ4n) is 2.03. The molecule has 0 saturated carbocycles. The van der Waals surface area contributed by atoms with Crippen molar-refractivity contribution in [3.8, 4) is 0 Å². The van der Waals surface area contributed by atoms with E-state index in [2.05, 4.69) is 24.0 Å². The van der Waals surface area contributed by atoms with Crippen molar-refractivity contribution in [2.75, 3.05) is 24.7 Å². The van der Waals surface area contributed by atoms with Gasteiger partial charge in [0.25, 0.3) is 0 Å². The average Bonchev–Trinajstić information content (AvgIpc) is 2.72. The van der Waals surface area contributed by atoms with Gasteiger partial charge >= 0.3 is 0 Å². The standard InChI is InChI=1S/C10H19NOS/c1-10(4-2-5-12-10)8-11-9-3-6-13-7-9/h9,11H,2-8H2,1H3. The predicted octanol–water partition coefficient (Wildman–Crippen LogP) is 1.65.